The number of hydrogen-bond donors (Lipinski definition) is 1. The van der Waals surface area contributed by atoms with Crippen LogP contribution in [0.5, 0.6) is 0 Å². The van der Waals surface area contributed by atoms with Gasteiger partial charge in [0, 0.05) is 31.7 Å². The maximum absolute atomic E-state index is 13.4. The molecule has 0 unspecified atom stereocenters. The summed E-state index contributed by atoms with van der Waals surface area (Å²) < 4.78 is 17.7. The summed E-state index contributed by atoms with van der Waals surface area (Å²) in [6, 6.07) is 0. The zero-order valence-electron chi connectivity index (χ0n) is 11.6. The Morgan fingerprint density at radius 1 is 0.842 bits per heavy atom. The first-order valence-corrected chi connectivity index (χ1v) is 9.67. The Hall–Kier alpha value is 0.110. The van der Waals surface area contributed by atoms with Crippen LogP contribution in [0.15, 0.2) is 0 Å². The van der Waals surface area contributed by atoms with E-state index in [4.69, 9.17) is 0 Å². The molecule has 2 saturated heterocycles. The predicted octanol–water partition coefficient (Wildman–Crippen LogP) is 2.28. The molecule has 2 aliphatic heterocycles. The van der Waals surface area contributed by atoms with E-state index in [1.165, 1.54) is 38.5 Å². The van der Waals surface area contributed by atoms with Crippen LogP contribution in [-0.4, -0.2) is 41.1 Å². The Morgan fingerprint density at radius 3 is 1.63 bits per heavy atom. The molecule has 4 saturated carbocycles. The van der Waals surface area contributed by atoms with Gasteiger partial charge in [0.05, 0.1) is 0 Å². The maximum Gasteiger partial charge on any atom is 0.284 e. The summed E-state index contributed by atoms with van der Waals surface area (Å²) in [6.45, 7) is 4.14. The number of rotatable bonds is 4. The van der Waals surface area contributed by atoms with Crippen LogP contribution in [0.25, 0.3) is 0 Å². The lowest BCUT2D eigenvalue weighted by Gasteiger charge is -2.57. The Morgan fingerprint density at radius 2 is 1.26 bits per heavy atom. The number of hydrogen-bond acceptors (Lipinski definition) is 1. The second kappa shape index (κ2) is 3.65. The number of nitrogens with zero attached hydrogens (tertiary/aromatic N) is 2. The van der Waals surface area contributed by atoms with Crippen molar-refractivity contribution in [1.82, 2.24) is 14.4 Å². The zero-order valence-corrected chi connectivity index (χ0v) is 12.4. The summed E-state index contributed by atoms with van der Waals surface area (Å²) >= 11 is 0. The minimum absolute atomic E-state index is 0.232. The fourth-order valence-electron chi connectivity index (χ4n) is 5.51. The number of nitrogens with one attached hydrogen (secondary N) is 1. The molecule has 0 aromatic carbocycles. The van der Waals surface area contributed by atoms with Crippen LogP contribution in [0.1, 0.15) is 38.5 Å². The predicted molar refractivity (Wildman–Crippen MR) is 74.8 cm³/mol. The summed E-state index contributed by atoms with van der Waals surface area (Å²) in [6.07, 6.45) is 8.26. The molecular weight excluding hydrogens is 257 g/mol. The Labute approximate surface area is 115 Å². The van der Waals surface area contributed by atoms with Crippen molar-refractivity contribution in [1.29, 1.82) is 0 Å². The van der Waals surface area contributed by atoms with Crippen molar-refractivity contribution in [3.05, 3.63) is 0 Å². The van der Waals surface area contributed by atoms with E-state index in [0.717, 1.165) is 43.9 Å². The molecule has 0 aromatic rings. The normalized spacial score (nSPS) is 48.7. The average Bonchev–Trinajstić information content (AvgIpc) is 3.19. The van der Waals surface area contributed by atoms with Gasteiger partial charge in [-0.15, -0.1) is 0 Å². The SMILES string of the molecule is O=P(NC12CC3CC(CC(C3)C1)C2)(N1CC1)N1CC1. The van der Waals surface area contributed by atoms with E-state index < -0.39 is 7.59 Å². The van der Waals surface area contributed by atoms with Crippen LogP contribution >= 0.6 is 7.59 Å². The molecule has 2 heterocycles. The van der Waals surface area contributed by atoms with Gasteiger partial charge in [0.2, 0.25) is 0 Å². The highest BCUT2D eigenvalue weighted by Gasteiger charge is 2.57. The van der Waals surface area contributed by atoms with Gasteiger partial charge in [-0.3, -0.25) is 4.57 Å². The van der Waals surface area contributed by atoms with Crippen molar-refractivity contribution < 1.29 is 4.57 Å². The molecule has 0 radical (unpaired) electrons. The van der Waals surface area contributed by atoms with Gasteiger partial charge in [0.25, 0.3) is 7.59 Å². The lowest BCUT2D eigenvalue weighted by atomic mass is 9.53. The maximum atomic E-state index is 13.4. The van der Waals surface area contributed by atoms with Crippen LogP contribution in [0, 0.1) is 17.8 Å². The first kappa shape index (κ1) is 11.7. The van der Waals surface area contributed by atoms with Gasteiger partial charge in [0.1, 0.15) is 0 Å². The zero-order chi connectivity index (χ0) is 12.7. The van der Waals surface area contributed by atoms with Crippen LogP contribution in [0.3, 0.4) is 0 Å². The molecule has 6 fully saturated rings. The van der Waals surface area contributed by atoms with Gasteiger partial charge in [-0.2, -0.15) is 0 Å². The first-order valence-electron chi connectivity index (χ1n) is 8.06. The van der Waals surface area contributed by atoms with Crippen molar-refractivity contribution in [3.8, 4) is 0 Å². The highest BCUT2D eigenvalue weighted by atomic mass is 31.2. The van der Waals surface area contributed by atoms with Gasteiger partial charge in [0.15, 0.2) is 0 Å². The largest absolute Gasteiger partial charge is 0.284 e. The topological polar surface area (TPSA) is 35.1 Å². The summed E-state index contributed by atoms with van der Waals surface area (Å²) in [4.78, 5) is 0. The van der Waals surface area contributed by atoms with Gasteiger partial charge in [-0.1, -0.05) is 0 Å². The molecule has 4 aliphatic carbocycles. The van der Waals surface area contributed by atoms with Crippen LogP contribution < -0.4 is 5.09 Å². The van der Waals surface area contributed by atoms with Gasteiger partial charge < -0.3 is 0 Å². The third kappa shape index (κ3) is 1.80. The van der Waals surface area contributed by atoms with Crippen LogP contribution in [0.2, 0.25) is 0 Å². The smallest absolute Gasteiger partial charge is 0.270 e. The molecule has 0 spiro atoms. The molecule has 106 valence electrons. The molecule has 4 nitrogen and oxygen atoms in total. The Balaban J connectivity index is 1.44. The highest BCUT2D eigenvalue weighted by Crippen LogP contribution is 2.63. The molecule has 6 rings (SSSR count). The second-order valence-corrected chi connectivity index (χ2v) is 10.2. The van der Waals surface area contributed by atoms with E-state index in [1.54, 1.807) is 0 Å². The Bertz CT molecular complexity index is 406. The van der Waals surface area contributed by atoms with Crippen LogP contribution in [0.4, 0.5) is 0 Å². The molecule has 0 amide bonds. The lowest BCUT2D eigenvalue weighted by Crippen LogP contribution is -2.58. The summed E-state index contributed by atoms with van der Waals surface area (Å²) in [5, 5.41) is 3.77. The fraction of sp³-hybridized carbons (Fsp3) is 1.00. The molecule has 19 heavy (non-hydrogen) atoms. The molecule has 1 N–H and O–H groups in total. The van der Waals surface area contributed by atoms with Gasteiger partial charge in [-0.25, -0.2) is 14.4 Å². The molecule has 4 bridgehead atoms. The minimum Gasteiger partial charge on any atom is -0.270 e. The Kier molecular flexibility index (Phi) is 2.25. The fourth-order valence-corrected chi connectivity index (χ4v) is 8.30. The lowest BCUT2D eigenvalue weighted by molar-refractivity contribution is -0.00947. The van der Waals surface area contributed by atoms with E-state index in [9.17, 15) is 4.57 Å². The first-order chi connectivity index (χ1) is 9.15. The molecule has 5 heteroatoms. The molecular formula is C14H24N3OP. The molecule has 0 aromatic heterocycles. The third-order valence-corrected chi connectivity index (χ3v) is 9.13. The second-order valence-electron chi connectivity index (χ2n) is 7.76. The van der Waals surface area contributed by atoms with Crippen molar-refractivity contribution in [2.24, 2.45) is 17.8 Å². The van der Waals surface area contributed by atoms with E-state index >= 15 is 0 Å². The monoisotopic (exact) mass is 281 g/mol. The van der Waals surface area contributed by atoms with E-state index in [1.807, 2.05) is 0 Å². The van der Waals surface area contributed by atoms with E-state index in [-0.39, 0.29) is 5.54 Å². The van der Waals surface area contributed by atoms with Gasteiger partial charge >= 0.3 is 0 Å². The summed E-state index contributed by atoms with van der Waals surface area (Å²) in [5.74, 6) is 2.78. The highest BCUT2D eigenvalue weighted by molar-refractivity contribution is 7.57. The summed E-state index contributed by atoms with van der Waals surface area (Å²) in [7, 11) is -2.37. The van der Waals surface area contributed by atoms with Crippen molar-refractivity contribution in [2.75, 3.05) is 26.2 Å². The quantitative estimate of drug-likeness (QED) is 0.633. The van der Waals surface area contributed by atoms with Crippen molar-refractivity contribution >= 4 is 7.59 Å². The third-order valence-electron chi connectivity index (χ3n) is 6.04. The summed E-state index contributed by atoms with van der Waals surface area (Å²) in [5.41, 5.74) is 0.232. The standard InChI is InChI=1S/C14H24N3OP/c18-19(16-1-2-16,17-3-4-17)15-14-8-11-5-12(9-14)7-13(6-11)10-14/h11-13H,1-10H2,(H,15,18). The van der Waals surface area contributed by atoms with E-state index in [0.29, 0.717) is 0 Å². The minimum atomic E-state index is -2.37. The van der Waals surface area contributed by atoms with E-state index in [2.05, 4.69) is 14.4 Å². The van der Waals surface area contributed by atoms with Crippen molar-refractivity contribution in [2.45, 2.75) is 44.1 Å². The van der Waals surface area contributed by atoms with Gasteiger partial charge in [-0.05, 0) is 56.3 Å². The molecule has 0 atom stereocenters. The van der Waals surface area contributed by atoms with Crippen molar-refractivity contribution in [3.63, 3.8) is 0 Å². The average molecular weight is 281 g/mol. The molecule has 6 aliphatic rings. The van der Waals surface area contributed by atoms with Crippen LogP contribution in [-0.2, 0) is 4.57 Å².